The molecule has 0 bridgehead atoms. The Balaban J connectivity index is 1.63. The lowest BCUT2D eigenvalue weighted by Gasteiger charge is -2.39. The molecule has 126 valence electrons. The van der Waals surface area contributed by atoms with Gasteiger partial charge in [0, 0.05) is 32.1 Å². The molecule has 24 heavy (non-hydrogen) atoms. The van der Waals surface area contributed by atoms with Crippen molar-refractivity contribution in [2.24, 2.45) is 0 Å². The number of likely N-dealkylation sites (N-methyl/N-ethyl adjacent to an activating group) is 1. The summed E-state index contributed by atoms with van der Waals surface area (Å²) in [6, 6.07) is 3.79. The first-order valence-corrected chi connectivity index (χ1v) is 8.09. The quantitative estimate of drug-likeness (QED) is 0.829. The molecule has 2 saturated heterocycles. The van der Waals surface area contributed by atoms with Gasteiger partial charge in [-0.25, -0.2) is 19.4 Å². The Bertz CT molecular complexity index is 762. The molecular weight excluding hydrogens is 308 g/mol. The van der Waals surface area contributed by atoms with Crippen molar-refractivity contribution in [1.82, 2.24) is 24.6 Å². The molecular formula is C16H20N6O2. The van der Waals surface area contributed by atoms with Crippen LogP contribution in [0.5, 0.6) is 0 Å². The van der Waals surface area contributed by atoms with E-state index in [4.69, 9.17) is 4.74 Å². The third-order valence-electron chi connectivity index (χ3n) is 4.55. The van der Waals surface area contributed by atoms with Gasteiger partial charge >= 0.3 is 6.09 Å². The molecule has 0 saturated carbocycles. The van der Waals surface area contributed by atoms with Crippen LogP contribution in [0.3, 0.4) is 0 Å². The lowest BCUT2D eigenvalue weighted by atomic mass is 9.93. The van der Waals surface area contributed by atoms with E-state index in [1.54, 1.807) is 22.8 Å². The van der Waals surface area contributed by atoms with Crippen LogP contribution in [0.25, 0.3) is 5.82 Å². The van der Waals surface area contributed by atoms with Crippen LogP contribution < -0.4 is 4.90 Å². The predicted molar refractivity (Wildman–Crippen MR) is 87.2 cm³/mol. The van der Waals surface area contributed by atoms with E-state index in [2.05, 4.69) is 20.0 Å². The molecule has 8 heteroatoms. The van der Waals surface area contributed by atoms with Crippen molar-refractivity contribution in [2.45, 2.75) is 25.4 Å². The number of nitrogens with zero attached hydrogens (tertiary/aromatic N) is 6. The Morgan fingerprint density at radius 2 is 2.08 bits per heavy atom. The Morgan fingerprint density at radius 3 is 2.79 bits per heavy atom. The lowest BCUT2D eigenvalue weighted by molar-refractivity contribution is 0.0445. The van der Waals surface area contributed by atoms with Crippen molar-refractivity contribution in [3.63, 3.8) is 0 Å². The highest BCUT2D eigenvalue weighted by atomic mass is 16.6. The fourth-order valence-corrected chi connectivity index (χ4v) is 3.52. The molecule has 0 radical (unpaired) electrons. The first-order valence-electron chi connectivity index (χ1n) is 8.09. The summed E-state index contributed by atoms with van der Waals surface area (Å²) in [7, 11) is 1.78. The summed E-state index contributed by atoms with van der Waals surface area (Å²) in [5.74, 6) is 2.28. The zero-order valence-corrected chi connectivity index (χ0v) is 13.8. The van der Waals surface area contributed by atoms with Gasteiger partial charge in [0.05, 0.1) is 13.1 Å². The zero-order chi connectivity index (χ0) is 16.7. The second-order valence-corrected chi connectivity index (χ2v) is 6.51. The third-order valence-corrected chi connectivity index (χ3v) is 4.55. The molecule has 8 nitrogen and oxygen atoms in total. The fourth-order valence-electron chi connectivity index (χ4n) is 3.52. The van der Waals surface area contributed by atoms with E-state index in [1.807, 2.05) is 25.3 Å². The molecule has 4 heterocycles. The lowest BCUT2D eigenvalue weighted by Crippen LogP contribution is -2.51. The van der Waals surface area contributed by atoms with Gasteiger partial charge in [0.1, 0.15) is 17.2 Å². The standard InChI is InChI=1S/C16H20N6O2/c1-12-18-13(9-14(19-12)22-8-4-6-17-22)21-7-3-5-16(11-21)10-20(2)15(23)24-16/h4,6,8-9H,3,5,7,10-11H2,1-2H3. The van der Waals surface area contributed by atoms with Crippen molar-refractivity contribution in [3.05, 3.63) is 30.4 Å². The Hall–Kier alpha value is -2.64. The van der Waals surface area contributed by atoms with E-state index in [9.17, 15) is 4.79 Å². The monoisotopic (exact) mass is 328 g/mol. The van der Waals surface area contributed by atoms with Gasteiger partial charge in [0.2, 0.25) is 0 Å². The second-order valence-electron chi connectivity index (χ2n) is 6.51. The van der Waals surface area contributed by atoms with E-state index in [0.717, 1.165) is 31.0 Å². The van der Waals surface area contributed by atoms with Gasteiger partial charge in [0.25, 0.3) is 0 Å². The predicted octanol–water partition coefficient (Wildman–Crippen LogP) is 1.39. The first kappa shape index (κ1) is 14.9. The molecule has 1 spiro atoms. The summed E-state index contributed by atoms with van der Waals surface area (Å²) in [5.41, 5.74) is -0.436. The van der Waals surface area contributed by atoms with Crippen LogP contribution in [0.1, 0.15) is 18.7 Å². The number of carbonyl (C=O) groups excluding carboxylic acids is 1. The molecule has 4 rings (SSSR count). The molecule has 2 aliphatic rings. The zero-order valence-electron chi connectivity index (χ0n) is 13.8. The maximum Gasteiger partial charge on any atom is 0.410 e. The average molecular weight is 328 g/mol. The highest BCUT2D eigenvalue weighted by Gasteiger charge is 2.46. The number of rotatable bonds is 2. The summed E-state index contributed by atoms with van der Waals surface area (Å²) in [6.07, 6.45) is 5.18. The summed E-state index contributed by atoms with van der Waals surface area (Å²) >= 11 is 0. The van der Waals surface area contributed by atoms with Crippen LogP contribution in [-0.2, 0) is 4.74 Å². The maximum absolute atomic E-state index is 11.8. The van der Waals surface area contributed by atoms with E-state index >= 15 is 0 Å². The van der Waals surface area contributed by atoms with E-state index < -0.39 is 5.60 Å². The number of aromatic nitrogens is 4. The first-order chi connectivity index (χ1) is 11.5. The van der Waals surface area contributed by atoms with Gasteiger partial charge in [-0.3, -0.25) is 0 Å². The minimum atomic E-state index is -0.436. The van der Waals surface area contributed by atoms with E-state index in [1.165, 1.54) is 0 Å². The number of amides is 1. The van der Waals surface area contributed by atoms with Crippen molar-refractivity contribution < 1.29 is 9.53 Å². The van der Waals surface area contributed by atoms with Crippen LogP contribution in [0, 0.1) is 6.92 Å². The highest BCUT2D eigenvalue weighted by molar-refractivity contribution is 5.70. The molecule has 0 aliphatic carbocycles. The van der Waals surface area contributed by atoms with Gasteiger partial charge in [-0.1, -0.05) is 0 Å². The van der Waals surface area contributed by atoms with Gasteiger partial charge < -0.3 is 14.5 Å². The third kappa shape index (κ3) is 2.57. The van der Waals surface area contributed by atoms with Crippen LogP contribution in [0.15, 0.2) is 24.5 Å². The topological polar surface area (TPSA) is 76.4 Å². The van der Waals surface area contributed by atoms with Crippen molar-refractivity contribution in [1.29, 1.82) is 0 Å². The van der Waals surface area contributed by atoms with Crippen LogP contribution in [0.2, 0.25) is 0 Å². The highest BCUT2D eigenvalue weighted by Crippen LogP contribution is 2.33. The SMILES string of the molecule is Cc1nc(N2CCCC3(CN(C)C(=O)O3)C2)cc(-n2cccn2)n1. The van der Waals surface area contributed by atoms with Crippen LogP contribution >= 0.6 is 0 Å². The molecule has 1 unspecified atom stereocenters. The van der Waals surface area contributed by atoms with E-state index in [-0.39, 0.29) is 6.09 Å². The molecule has 1 atom stereocenters. The number of anilines is 1. The largest absolute Gasteiger partial charge is 0.439 e. The van der Waals surface area contributed by atoms with Crippen molar-refractivity contribution in [2.75, 3.05) is 31.6 Å². The fraction of sp³-hybridized carbons (Fsp3) is 0.500. The average Bonchev–Trinajstić information content (AvgIpc) is 3.16. The van der Waals surface area contributed by atoms with Crippen LogP contribution in [-0.4, -0.2) is 63.0 Å². The number of hydrogen-bond donors (Lipinski definition) is 0. The van der Waals surface area contributed by atoms with Crippen molar-refractivity contribution >= 4 is 11.9 Å². The molecule has 2 aliphatic heterocycles. The molecule has 2 fully saturated rings. The van der Waals surface area contributed by atoms with E-state index in [0.29, 0.717) is 18.9 Å². The second kappa shape index (κ2) is 5.47. The number of hydrogen-bond acceptors (Lipinski definition) is 6. The summed E-state index contributed by atoms with van der Waals surface area (Å²) in [6.45, 7) is 4.04. The van der Waals surface area contributed by atoms with Gasteiger partial charge in [-0.2, -0.15) is 5.10 Å². The molecule has 2 aromatic heterocycles. The molecule has 0 N–H and O–H groups in total. The molecule has 1 amide bonds. The van der Waals surface area contributed by atoms with Crippen LogP contribution in [0.4, 0.5) is 10.6 Å². The number of carbonyl (C=O) groups is 1. The van der Waals surface area contributed by atoms with Gasteiger partial charge in [-0.15, -0.1) is 0 Å². The van der Waals surface area contributed by atoms with Gasteiger partial charge in [0.15, 0.2) is 5.82 Å². The summed E-state index contributed by atoms with van der Waals surface area (Å²) in [5, 5.41) is 4.24. The maximum atomic E-state index is 11.8. The number of piperidine rings is 1. The molecule has 2 aromatic rings. The Labute approximate surface area is 140 Å². The Morgan fingerprint density at radius 1 is 1.25 bits per heavy atom. The minimum Gasteiger partial charge on any atom is -0.439 e. The Kier molecular flexibility index (Phi) is 3.40. The summed E-state index contributed by atoms with van der Waals surface area (Å²) in [4.78, 5) is 24.7. The summed E-state index contributed by atoms with van der Waals surface area (Å²) < 4.78 is 7.39. The van der Waals surface area contributed by atoms with Gasteiger partial charge in [-0.05, 0) is 25.8 Å². The van der Waals surface area contributed by atoms with Crippen molar-refractivity contribution in [3.8, 4) is 5.82 Å². The smallest absolute Gasteiger partial charge is 0.410 e. The minimum absolute atomic E-state index is 0.243. The number of aryl methyl sites for hydroxylation is 1. The molecule has 0 aromatic carbocycles. The normalized spacial score (nSPS) is 23.8. The number of ether oxygens (including phenoxy) is 1.